The van der Waals surface area contributed by atoms with E-state index in [1.54, 1.807) is 0 Å². The number of ether oxygens (including phenoxy) is 1. The topological polar surface area (TPSA) is 70.6 Å². The fourth-order valence-corrected chi connectivity index (χ4v) is 2.53. The van der Waals surface area contributed by atoms with Gasteiger partial charge >= 0.3 is 0 Å². The second kappa shape index (κ2) is 11.0. The third-order valence-electron chi connectivity index (χ3n) is 3.97. The monoisotopic (exact) mass is 300 g/mol. The Morgan fingerprint density at radius 2 is 2.00 bits per heavy atom. The van der Waals surface area contributed by atoms with Crippen molar-refractivity contribution in [3.8, 4) is 0 Å². The highest BCUT2D eigenvalue weighted by molar-refractivity contribution is 5.75. The molecule has 3 N–H and O–H groups in total. The predicted molar refractivity (Wildman–Crippen MR) is 84.2 cm³/mol. The second-order valence-corrected chi connectivity index (χ2v) is 6.17. The first-order valence-electron chi connectivity index (χ1n) is 8.38. The van der Waals surface area contributed by atoms with Gasteiger partial charge in [0.2, 0.25) is 5.91 Å². The maximum Gasteiger partial charge on any atom is 0.221 e. The average Bonchev–Trinajstić information content (AvgIpc) is 2.49. The van der Waals surface area contributed by atoms with Gasteiger partial charge in [0.25, 0.3) is 0 Å². The van der Waals surface area contributed by atoms with Crippen LogP contribution in [0.2, 0.25) is 0 Å². The first kappa shape index (κ1) is 18.4. The van der Waals surface area contributed by atoms with Gasteiger partial charge in [-0.1, -0.05) is 13.8 Å². The van der Waals surface area contributed by atoms with Crippen molar-refractivity contribution in [2.75, 3.05) is 26.2 Å². The second-order valence-electron chi connectivity index (χ2n) is 6.17. The number of nitrogens with one attached hydrogen (secondary N) is 2. The van der Waals surface area contributed by atoms with Crippen molar-refractivity contribution in [3.05, 3.63) is 0 Å². The van der Waals surface area contributed by atoms with Gasteiger partial charge in [-0.15, -0.1) is 0 Å². The lowest BCUT2D eigenvalue weighted by Crippen LogP contribution is -2.35. The van der Waals surface area contributed by atoms with Crippen LogP contribution in [0.3, 0.4) is 0 Å². The Labute approximate surface area is 128 Å². The highest BCUT2D eigenvalue weighted by atomic mass is 16.5. The standard InChI is InChI=1S/C16H32N2O3/c1-3-9-18-16(20)8-10-17-11-14(19)12-21-15-6-4-13(2)5-7-15/h13-15,17,19H,3-12H2,1-2H3,(H,18,20). The van der Waals surface area contributed by atoms with Crippen molar-refractivity contribution in [3.63, 3.8) is 0 Å². The third-order valence-corrected chi connectivity index (χ3v) is 3.97. The lowest BCUT2D eigenvalue weighted by molar-refractivity contribution is -0.121. The fraction of sp³-hybridized carbons (Fsp3) is 0.938. The summed E-state index contributed by atoms with van der Waals surface area (Å²) in [6.45, 7) is 6.49. The summed E-state index contributed by atoms with van der Waals surface area (Å²) in [5.74, 6) is 0.877. The molecule has 5 heteroatoms. The average molecular weight is 300 g/mol. The first-order valence-corrected chi connectivity index (χ1v) is 8.38. The van der Waals surface area contributed by atoms with Crippen molar-refractivity contribution in [2.24, 2.45) is 5.92 Å². The number of amides is 1. The molecule has 0 aliphatic heterocycles. The summed E-state index contributed by atoms with van der Waals surface area (Å²) < 4.78 is 5.76. The van der Waals surface area contributed by atoms with Gasteiger partial charge in [-0.2, -0.15) is 0 Å². The van der Waals surface area contributed by atoms with Gasteiger partial charge in [-0.3, -0.25) is 4.79 Å². The van der Waals surface area contributed by atoms with Crippen LogP contribution in [0.1, 0.15) is 52.4 Å². The minimum Gasteiger partial charge on any atom is -0.389 e. The minimum atomic E-state index is -0.497. The van der Waals surface area contributed by atoms with Crippen molar-refractivity contribution >= 4 is 5.91 Å². The third kappa shape index (κ3) is 9.06. The molecule has 1 atom stereocenters. The van der Waals surface area contributed by atoms with Crippen molar-refractivity contribution in [1.82, 2.24) is 10.6 Å². The minimum absolute atomic E-state index is 0.0615. The van der Waals surface area contributed by atoms with Gasteiger partial charge in [0.1, 0.15) is 0 Å². The van der Waals surface area contributed by atoms with Crippen LogP contribution in [0.25, 0.3) is 0 Å². The van der Waals surface area contributed by atoms with Crippen molar-refractivity contribution in [2.45, 2.75) is 64.6 Å². The summed E-state index contributed by atoms with van der Waals surface area (Å²) in [7, 11) is 0. The Bertz CT molecular complexity index is 279. The van der Waals surface area contributed by atoms with E-state index in [0.717, 1.165) is 31.7 Å². The molecule has 5 nitrogen and oxygen atoms in total. The molecule has 124 valence electrons. The lowest BCUT2D eigenvalue weighted by atomic mass is 9.89. The van der Waals surface area contributed by atoms with Crippen LogP contribution in [-0.4, -0.2) is 49.5 Å². The molecule has 0 spiro atoms. The van der Waals surface area contributed by atoms with Gasteiger partial charge in [0, 0.05) is 26.1 Å². The molecule has 1 unspecified atom stereocenters. The summed E-state index contributed by atoms with van der Waals surface area (Å²) in [6.07, 6.45) is 5.90. The largest absolute Gasteiger partial charge is 0.389 e. The maximum atomic E-state index is 11.4. The molecule has 0 radical (unpaired) electrons. The van der Waals surface area contributed by atoms with E-state index in [0.29, 0.717) is 32.2 Å². The van der Waals surface area contributed by atoms with Crippen LogP contribution < -0.4 is 10.6 Å². The van der Waals surface area contributed by atoms with Gasteiger partial charge in [-0.25, -0.2) is 0 Å². The number of hydrogen-bond acceptors (Lipinski definition) is 4. The molecule has 1 aliphatic carbocycles. The van der Waals surface area contributed by atoms with E-state index in [9.17, 15) is 9.90 Å². The Morgan fingerprint density at radius 3 is 2.67 bits per heavy atom. The summed E-state index contributed by atoms with van der Waals surface area (Å²) in [5.41, 5.74) is 0. The number of carbonyl (C=O) groups is 1. The molecule has 21 heavy (non-hydrogen) atoms. The predicted octanol–water partition coefficient (Wildman–Crippen LogP) is 1.45. The molecule has 0 bridgehead atoms. The molecular formula is C16H32N2O3. The number of aliphatic hydroxyl groups is 1. The number of rotatable bonds is 10. The SMILES string of the molecule is CCCNC(=O)CCNCC(O)COC1CCC(C)CC1. The normalized spacial score (nSPS) is 23.8. The molecular weight excluding hydrogens is 268 g/mol. The van der Waals surface area contributed by atoms with E-state index >= 15 is 0 Å². The Hall–Kier alpha value is -0.650. The molecule has 1 fully saturated rings. The molecule has 1 amide bonds. The zero-order valence-corrected chi connectivity index (χ0v) is 13.6. The van der Waals surface area contributed by atoms with E-state index in [1.807, 2.05) is 6.92 Å². The van der Waals surface area contributed by atoms with E-state index in [-0.39, 0.29) is 5.91 Å². The highest BCUT2D eigenvalue weighted by Gasteiger charge is 2.19. The van der Waals surface area contributed by atoms with E-state index in [4.69, 9.17) is 4.74 Å². The van der Waals surface area contributed by atoms with Crippen LogP contribution in [-0.2, 0) is 9.53 Å². The van der Waals surface area contributed by atoms with Gasteiger partial charge in [0.15, 0.2) is 0 Å². The Morgan fingerprint density at radius 1 is 1.29 bits per heavy atom. The van der Waals surface area contributed by atoms with Crippen molar-refractivity contribution < 1.29 is 14.6 Å². The van der Waals surface area contributed by atoms with Crippen molar-refractivity contribution in [1.29, 1.82) is 0 Å². The first-order chi connectivity index (χ1) is 10.1. The van der Waals surface area contributed by atoms with E-state index in [1.165, 1.54) is 12.8 Å². The quantitative estimate of drug-likeness (QED) is 0.534. The van der Waals surface area contributed by atoms with Crippen LogP contribution >= 0.6 is 0 Å². The zero-order valence-electron chi connectivity index (χ0n) is 13.6. The van der Waals surface area contributed by atoms with Crippen LogP contribution in [0.5, 0.6) is 0 Å². The highest BCUT2D eigenvalue weighted by Crippen LogP contribution is 2.25. The Balaban J connectivity index is 1.96. The summed E-state index contributed by atoms with van der Waals surface area (Å²) in [5, 5.41) is 15.8. The van der Waals surface area contributed by atoms with E-state index < -0.39 is 6.10 Å². The molecule has 1 saturated carbocycles. The summed E-state index contributed by atoms with van der Waals surface area (Å²) in [4.78, 5) is 11.4. The van der Waals surface area contributed by atoms with E-state index in [2.05, 4.69) is 17.6 Å². The number of carbonyl (C=O) groups excluding carboxylic acids is 1. The summed E-state index contributed by atoms with van der Waals surface area (Å²) >= 11 is 0. The van der Waals surface area contributed by atoms with Gasteiger partial charge in [-0.05, 0) is 38.0 Å². The van der Waals surface area contributed by atoms with Crippen LogP contribution in [0, 0.1) is 5.92 Å². The fourth-order valence-electron chi connectivity index (χ4n) is 2.53. The van der Waals surface area contributed by atoms with Crippen LogP contribution in [0.4, 0.5) is 0 Å². The Kier molecular flexibility index (Phi) is 9.63. The number of hydrogen-bond donors (Lipinski definition) is 3. The maximum absolute atomic E-state index is 11.4. The molecule has 0 aromatic rings. The van der Waals surface area contributed by atoms with Gasteiger partial charge in [0.05, 0.1) is 18.8 Å². The molecule has 0 heterocycles. The molecule has 1 aliphatic rings. The lowest BCUT2D eigenvalue weighted by Gasteiger charge is -2.27. The smallest absolute Gasteiger partial charge is 0.221 e. The number of aliphatic hydroxyl groups excluding tert-OH is 1. The molecule has 0 aromatic carbocycles. The molecule has 0 saturated heterocycles. The van der Waals surface area contributed by atoms with Gasteiger partial charge < -0.3 is 20.5 Å². The molecule has 0 aromatic heterocycles. The summed E-state index contributed by atoms with van der Waals surface area (Å²) in [6, 6.07) is 0. The van der Waals surface area contributed by atoms with Crippen LogP contribution in [0.15, 0.2) is 0 Å². The zero-order chi connectivity index (χ0) is 15.5. The molecule has 1 rings (SSSR count).